The Kier molecular flexibility index (Phi) is 4.82. The average molecular weight is 322 g/mol. The van der Waals surface area contributed by atoms with E-state index in [4.69, 9.17) is 10.7 Å². The minimum atomic E-state index is 0.180. The van der Waals surface area contributed by atoms with E-state index in [1.54, 1.807) is 0 Å². The van der Waals surface area contributed by atoms with E-state index >= 15 is 0 Å². The molecule has 0 aliphatic carbocycles. The monoisotopic (exact) mass is 321 g/mol. The van der Waals surface area contributed by atoms with E-state index in [1.807, 2.05) is 11.8 Å². The molecular weight excluding hydrogens is 298 g/mol. The topological polar surface area (TPSA) is 43.8 Å². The molecule has 2 heterocycles. The van der Waals surface area contributed by atoms with Crippen molar-refractivity contribution in [3.63, 3.8) is 0 Å². The van der Waals surface area contributed by atoms with Gasteiger partial charge < -0.3 is 10.3 Å². The summed E-state index contributed by atoms with van der Waals surface area (Å²) in [6, 6.07) is 8.54. The maximum atomic E-state index is 6.53. The van der Waals surface area contributed by atoms with Gasteiger partial charge in [-0.2, -0.15) is 23.5 Å². The summed E-state index contributed by atoms with van der Waals surface area (Å²) in [4.78, 5) is 4.81. The first-order valence-corrected chi connectivity index (χ1v) is 9.73. The van der Waals surface area contributed by atoms with Crippen LogP contribution in [0.3, 0.4) is 0 Å². The smallest absolute Gasteiger partial charge is 0.111 e. The number of aryl methyl sites for hydroxylation is 1. The maximum absolute atomic E-state index is 6.53. The summed E-state index contributed by atoms with van der Waals surface area (Å²) < 4.78 is 2.31. The molecule has 1 aliphatic rings. The molecule has 1 saturated heterocycles. The van der Waals surface area contributed by atoms with Crippen LogP contribution in [0.5, 0.6) is 0 Å². The van der Waals surface area contributed by atoms with Gasteiger partial charge in [0.25, 0.3) is 0 Å². The summed E-state index contributed by atoms with van der Waals surface area (Å²) in [5.74, 6) is 3.61. The van der Waals surface area contributed by atoms with Gasteiger partial charge in [0, 0.05) is 41.0 Å². The Morgan fingerprint density at radius 3 is 2.86 bits per heavy atom. The molecule has 0 spiro atoms. The average Bonchev–Trinajstić information content (AvgIpc) is 2.84. The van der Waals surface area contributed by atoms with Crippen molar-refractivity contribution in [2.75, 3.05) is 11.5 Å². The number of benzene rings is 1. The SMILES string of the molecule is CCn1c(CC(N)C2SCCSC2C)nc2ccccc21. The minimum Gasteiger partial charge on any atom is -0.328 e. The lowest BCUT2D eigenvalue weighted by Crippen LogP contribution is -2.42. The van der Waals surface area contributed by atoms with Crippen molar-refractivity contribution in [1.82, 2.24) is 9.55 Å². The fourth-order valence-corrected chi connectivity index (χ4v) is 5.97. The summed E-state index contributed by atoms with van der Waals surface area (Å²) in [5.41, 5.74) is 8.84. The first kappa shape index (κ1) is 15.3. The molecule has 0 bridgehead atoms. The molecule has 1 aromatic carbocycles. The Bertz CT molecular complexity index is 611. The van der Waals surface area contributed by atoms with Crippen molar-refractivity contribution < 1.29 is 0 Å². The Morgan fingerprint density at radius 1 is 1.33 bits per heavy atom. The highest BCUT2D eigenvalue weighted by Crippen LogP contribution is 2.33. The van der Waals surface area contributed by atoms with Gasteiger partial charge in [0.15, 0.2) is 0 Å². The Labute approximate surface area is 135 Å². The lowest BCUT2D eigenvalue weighted by Gasteiger charge is -2.32. The highest BCUT2D eigenvalue weighted by molar-refractivity contribution is 8.07. The normalized spacial score (nSPS) is 24.3. The fraction of sp³-hybridized carbons (Fsp3) is 0.562. The highest BCUT2D eigenvalue weighted by Gasteiger charge is 2.29. The number of aromatic nitrogens is 2. The van der Waals surface area contributed by atoms with Crippen LogP contribution in [0.15, 0.2) is 24.3 Å². The Balaban J connectivity index is 1.83. The molecular formula is C16H23N3S2. The van der Waals surface area contributed by atoms with Gasteiger partial charge in [-0.05, 0) is 19.1 Å². The number of para-hydroxylation sites is 2. The van der Waals surface area contributed by atoms with Crippen LogP contribution in [-0.2, 0) is 13.0 Å². The fourth-order valence-electron chi connectivity index (χ4n) is 3.08. The molecule has 5 heteroatoms. The zero-order valence-electron chi connectivity index (χ0n) is 12.7. The summed E-state index contributed by atoms with van der Waals surface area (Å²) in [6.07, 6.45) is 0.866. The maximum Gasteiger partial charge on any atom is 0.111 e. The number of thioether (sulfide) groups is 2. The Hall–Kier alpha value is -0.650. The molecule has 3 nitrogen and oxygen atoms in total. The second kappa shape index (κ2) is 6.63. The van der Waals surface area contributed by atoms with Crippen molar-refractivity contribution in [2.45, 2.75) is 43.4 Å². The van der Waals surface area contributed by atoms with Crippen LogP contribution in [0.2, 0.25) is 0 Å². The van der Waals surface area contributed by atoms with Crippen molar-refractivity contribution in [2.24, 2.45) is 5.73 Å². The largest absolute Gasteiger partial charge is 0.328 e. The molecule has 2 aromatic rings. The van der Waals surface area contributed by atoms with Crippen molar-refractivity contribution in [1.29, 1.82) is 0 Å². The number of rotatable bonds is 4. The van der Waals surface area contributed by atoms with Crippen LogP contribution in [0.4, 0.5) is 0 Å². The highest BCUT2D eigenvalue weighted by atomic mass is 32.2. The van der Waals surface area contributed by atoms with Crippen molar-refractivity contribution >= 4 is 34.6 Å². The number of hydrogen-bond donors (Lipinski definition) is 1. The second-order valence-corrected chi connectivity index (χ2v) is 8.31. The summed E-state index contributed by atoms with van der Waals surface area (Å²) in [5, 5.41) is 1.17. The number of nitrogens with zero attached hydrogens (tertiary/aromatic N) is 2. The van der Waals surface area contributed by atoms with E-state index in [-0.39, 0.29) is 6.04 Å². The van der Waals surface area contributed by atoms with Crippen LogP contribution in [0.25, 0.3) is 11.0 Å². The minimum absolute atomic E-state index is 0.180. The van der Waals surface area contributed by atoms with Gasteiger partial charge in [-0.3, -0.25) is 0 Å². The zero-order chi connectivity index (χ0) is 14.8. The number of fused-ring (bicyclic) bond motifs is 1. The number of hydrogen-bond acceptors (Lipinski definition) is 4. The van der Waals surface area contributed by atoms with Gasteiger partial charge in [-0.1, -0.05) is 19.1 Å². The van der Waals surface area contributed by atoms with E-state index in [0.717, 1.165) is 24.3 Å². The van der Waals surface area contributed by atoms with Crippen LogP contribution in [0, 0.1) is 0 Å². The predicted octanol–water partition coefficient (Wildman–Crippen LogP) is 3.16. The standard InChI is InChI=1S/C16H23N3S2/c1-3-19-14-7-5-4-6-13(14)18-15(19)10-12(17)16-11(2)20-8-9-21-16/h4-7,11-12,16H,3,8-10,17H2,1-2H3. The molecule has 2 N–H and O–H groups in total. The van der Waals surface area contributed by atoms with Crippen LogP contribution >= 0.6 is 23.5 Å². The Morgan fingerprint density at radius 2 is 2.10 bits per heavy atom. The molecule has 0 saturated carbocycles. The van der Waals surface area contributed by atoms with E-state index in [9.17, 15) is 0 Å². The van der Waals surface area contributed by atoms with E-state index in [2.05, 4.69) is 54.4 Å². The first-order valence-electron chi connectivity index (χ1n) is 7.63. The molecule has 3 atom stereocenters. The zero-order valence-corrected chi connectivity index (χ0v) is 14.3. The number of imidazole rings is 1. The van der Waals surface area contributed by atoms with Gasteiger partial charge in [0.2, 0.25) is 0 Å². The molecule has 114 valence electrons. The van der Waals surface area contributed by atoms with Gasteiger partial charge in [0.1, 0.15) is 5.82 Å². The molecule has 3 rings (SSSR count). The predicted molar refractivity (Wildman–Crippen MR) is 95.3 cm³/mol. The van der Waals surface area contributed by atoms with Crippen LogP contribution in [-0.4, -0.2) is 37.6 Å². The van der Waals surface area contributed by atoms with E-state index in [0.29, 0.717) is 10.5 Å². The number of nitrogens with two attached hydrogens (primary N) is 1. The van der Waals surface area contributed by atoms with Crippen molar-refractivity contribution in [3.8, 4) is 0 Å². The van der Waals surface area contributed by atoms with Gasteiger partial charge in [-0.25, -0.2) is 4.98 Å². The molecule has 1 aliphatic heterocycles. The van der Waals surface area contributed by atoms with Gasteiger partial charge in [-0.15, -0.1) is 0 Å². The van der Waals surface area contributed by atoms with Crippen molar-refractivity contribution in [3.05, 3.63) is 30.1 Å². The third-order valence-electron chi connectivity index (χ3n) is 4.13. The van der Waals surface area contributed by atoms with E-state index < -0.39 is 0 Å². The lowest BCUT2D eigenvalue weighted by molar-refractivity contribution is 0.583. The lowest BCUT2D eigenvalue weighted by atomic mass is 10.1. The molecule has 0 radical (unpaired) electrons. The molecule has 1 fully saturated rings. The van der Waals surface area contributed by atoms with E-state index in [1.165, 1.54) is 17.0 Å². The molecule has 0 amide bonds. The third kappa shape index (κ3) is 3.10. The molecule has 3 unspecified atom stereocenters. The quantitative estimate of drug-likeness (QED) is 0.939. The van der Waals surface area contributed by atoms with Gasteiger partial charge >= 0.3 is 0 Å². The van der Waals surface area contributed by atoms with Gasteiger partial charge in [0.05, 0.1) is 11.0 Å². The molecule has 21 heavy (non-hydrogen) atoms. The van der Waals surface area contributed by atoms with Crippen LogP contribution < -0.4 is 5.73 Å². The summed E-state index contributed by atoms with van der Waals surface area (Å²) in [7, 11) is 0. The van der Waals surface area contributed by atoms with Crippen LogP contribution in [0.1, 0.15) is 19.7 Å². The third-order valence-corrected chi connectivity index (χ3v) is 7.40. The summed E-state index contributed by atoms with van der Waals surface area (Å²) in [6.45, 7) is 5.44. The first-order chi connectivity index (χ1) is 10.2. The summed E-state index contributed by atoms with van der Waals surface area (Å²) >= 11 is 4.09. The molecule has 1 aromatic heterocycles. The second-order valence-electron chi connectivity index (χ2n) is 5.54.